The standard InChI is InChI=1S/C14H12FNO4/c1-8-4-9(2-3-11(8)15)5-16-6-10(14(19)20)13(18)12(17)7-16/h2-4,6-7,17H,5H2,1H3,(H,19,20). The molecule has 0 amide bonds. The topological polar surface area (TPSA) is 79.5 Å². The second-order valence-corrected chi connectivity index (χ2v) is 4.45. The third-order valence-electron chi connectivity index (χ3n) is 2.88. The van der Waals surface area contributed by atoms with Crippen LogP contribution in [0.1, 0.15) is 21.5 Å². The van der Waals surface area contributed by atoms with Crippen molar-refractivity contribution in [1.29, 1.82) is 0 Å². The molecule has 1 aromatic carbocycles. The van der Waals surface area contributed by atoms with Gasteiger partial charge in [0.25, 0.3) is 0 Å². The van der Waals surface area contributed by atoms with Gasteiger partial charge in [-0.1, -0.05) is 12.1 Å². The first-order chi connectivity index (χ1) is 9.38. The molecule has 2 N–H and O–H groups in total. The van der Waals surface area contributed by atoms with Crippen LogP contribution in [0.25, 0.3) is 0 Å². The summed E-state index contributed by atoms with van der Waals surface area (Å²) < 4.78 is 14.5. The lowest BCUT2D eigenvalue weighted by Crippen LogP contribution is -2.17. The van der Waals surface area contributed by atoms with E-state index >= 15 is 0 Å². The zero-order valence-electron chi connectivity index (χ0n) is 10.6. The first-order valence-corrected chi connectivity index (χ1v) is 5.80. The molecule has 0 saturated carbocycles. The quantitative estimate of drug-likeness (QED) is 0.895. The van der Waals surface area contributed by atoms with E-state index < -0.39 is 22.7 Å². The Morgan fingerprint density at radius 1 is 1.35 bits per heavy atom. The van der Waals surface area contributed by atoms with E-state index in [2.05, 4.69) is 0 Å². The number of aromatic hydroxyl groups is 1. The molecule has 2 aromatic rings. The molecule has 0 aliphatic carbocycles. The van der Waals surface area contributed by atoms with E-state index in [-0.39, 0.29) is 12.4 Å². The fourth-order valence-electron chi connectivity index (χ4n) is 1.87. The third-order valence-corrected chi connectivity index (χ3v) is 2.88. The number of aromatic nitrogens is 1. The molecule has 0 saturated heterocycles. The summed E-state index contributed by atoms with van der Waals surface area (Å²) in [5.74, 6) is -2.37. The number of rotatable bonds is 3. The fourth-order valence-corrected chi connectivity index (χ4v) is 1.87. The van der Waals surface area contributed by atoms with Gasteiger partial charge >= 0.3 is 5.97 Å². The largest absolute Gasteiger partial charge is 0.503 e. The Balaban J connectivity index is 2.41. The van der Waals surface area contributed by atoms with E-state index in [1.807, 2.05) is 0 Å². The molecular formula is C14H12FNO4. The third kappa shape index (κ3) is 2.69. The zero-order chi connectivity index (χ0) is 14.9. The lowest BCUT2D eigenvalue weighted by atomic mass is 10.1. The van der Waals surface area contributed by atoms with Gasteiger partial charge in [0, 0.05) is 12.7 Å². The van der Waals surface area contributed by atoms with Crippen molar-refractivity contribution in [2.75, 3.05) is 0 Å². The summed E-state index contributed by atoms with van der Waals surface area (Å²) in [4.78, 5) is 22.3. The first kappa shape index (κ1) is 13.8. The van der Waals surface area contributed by atoms with Gasteiger partial charge in [-0.25, -0.2) is 9.18 Å². The molecule has 5 nitrogen and oxygen atoms in total. The summed E-state index contributed by atoms with van der Waals surface area (Å²) in [6.45, 7) is 1.83. The van der Waals surface area contributed by atoms with Gasteiger partial charge in [0.1, 0.15) is 11.4 Å². The number of pyridine rings is 1. The van der Waals surface area contributed by atoms with Crippen molar-refractivity contribution in [3.63, 3.8) is 0 Å². The highest BCUT2D eigenvalue weighted by molar-refractivity contribution is 5.87. The highest BCUT2D eigenvalue weighted by Crippen LogP contribution is 2.12. The van der Waals surface area contributed by atoms with Gasteiger partial charge in [0.05, 0.1) is 6.20 Å². The number of aryl methyl sites for hydroxylation is 1. The highest BCUT2D eigenvalue weighted by Gasteiger charge is 2.13. The van der Waals surface area contributed by atoms with Gasteiger partial charge in [-0.05, 0) is 24.1 Å². The summed E-state index contributed by atoms with van der Waals surface area (Å²) in [6, 6.07) is 4.48. The minimum Gasteiger partial charge on any atom is -0.503 e. The normalized spacial score (nSPS) is 10.5. The molecule has 2 rings (SSSR count). The van der Waals surface area contributed by atoms with E-state index in [4.69, 9.17) is 5.11 Å². The molecule has 0 aliphatic heterocycles. The molecule has 0 aliphatic rings. The predicted octanol–water partition coefficient (Wildman–Crippen LogP) is 1.75. The summed E-state index contributed by atoms with van der Waals surface area (Å²) in [7, 11) is 0. The second-order valence-electron chi connectivity index (χ2n) is 4.45. The van der Waals surface area contributed by atoms with E-state index in [1.54, 1.807) is 19.1 Å². The first-order valence-electron chi connectivity index (χ1n) is 5.80. The Hall–Kier alpha value is -2.63. The number of hydrogen-bond donors (Lipinski definition) is 2. The van der Waals surface area contributed by atoms with E-state index in [9.17, 15) is 19.1 Å². The molecule has 104 valence electrons. The number of aromatic carboxylic acids is 1. The van der Waals surface area contributed by atoms with E-state index in [1.165, 1.54) is 10.6 Å². The minimum atomic E-state index is -1.41. The van der Waals surface area contributed by atoms with Crippen molar-refractivity contribution in [2.45, 2.75) is 13.5 Å². The zero-order valence-corrected chi connectivity index (χ0v) is 10.6. The van der Waals surface area contributed by atoms with Gasteiger partial charge in [-0.2, -0.15) is 0 Å². The summed E-state index contributed by atoms with van der Waals surface area (Å²) in [5.41, 5.74) is -0.248. The van der Waals surface area contributed by atoms with Crippen molar-refractivity contribution in [2.24, 2.45) is 0 Å². The summed E-state index contributed by atoms with van der Waals surface area (Å²) >= 11 is 0. The molecule has 6 heteroatoms. The molecular weight excluding hydrogens is 265 g/mol. The molecule has 1 heterocycles. The fraction of sp³-hybridized carbons (Fsp3) is 0.143. The lowest BCUT2D eigenvalue weighted by molar-refractivity contribution is 0.0694. The molecule has 0 unspecified atom stereocenters. The van der Waals surface area contributed by atoms with Crippen LogP contribution in [0.15, 0.2) is 35.4 Å². The molecule has 0 spiro atoms. The van der Waals surface area contributed by atoms with Crippen molar-refractivity contribution >= 4 is 5.97 Å². The average Bonchev–Trinajstić information content (AvgIpc) is 2.37. The molecule has 1 aromatic heterocycles. The van der Waals surface area contributed by atoms with Crippen LogP contribution in [0.3, 0.4) is 0 Å². The Kier molecular flexibility index (Phi) is 3.56. The van der Waals surface area contributed by atoms with Crippen LogP contribution in [0.4, 0.5) is 4.39 Å². The Labute approximate surface area is 113 Å². The average molecular weight is 277 g/mol. The predicted molar refractivity (Wildman–Crippen MR) is 69.6 cm³/mol. The summed E-state index contributed by atoms with van der Waals surface area (Å²) in [5, 5.41) is 18.3. The van der Waals surface area contributed by atoms with Crippen LogP contribution in [0.2, 0.25) is 0 Å². The number of carboxylic acids is 1. The Morgan fingerprint density at radius 3 is 2.65 bits per heavy atom. The number of carboxylic acid groups (broad SMARTS) is 1. The second kappa shape index (κ2) is 5.16. The molecule has 0 fully saturated rings. The monoisotopic (exact) mass is 277 g/mol. The van der Waals surface area contributed by atoms with E-state index in [0.29, 0.717) is 5.56 Å². The number of benzene rings is 1. The lowest BCUT2D eigenvalue weighted by Gasteiger charge is -2.09. The van der Waals surface area contributed by atoms with Crippen molar-refractivity contribution < 1.29 is 19.4 Å². The van der Waals surface area contributed by atoms with Gasteiger partial charge in [0.15, 0.2) is 5.75 Å². The van der Waals surface area contributed by atoms with Crippen LogP contribution in [-0.4, -0.2) is 20.7 Å². The van der Waals surface area contributed by atoms with Gasteiger partial charge < -0.3 is 14.8 Å². The molecule has 0 bridgehead atoms. The van der Waals surface area contributed by atoms with Crippen molar-refractivity contribution in [3.8, 4) is 5.75 Å². The van der Waals surface area contributed by atoms with Gasteiger partial charge in [-0.3, -0.25) is 4.79 Å². The Bertz CT molecular complexity index is 736. The van der Waals surface area contributed by atoms with Crippen LogP contribution in [-0.2, 0) is 6.54 Å². The minimum absolute atomic E-state index is 0.218. The van der Waals surface area contributed by atoms with Gasteiger partial charge in [-0.15, -0.1) is 0 Å². The smallest absolute Gasteiger partial charge is 0.341 e. The van der Waals surface area contributed by atoms with Gasteiger partial charge in [0.2, 0.25) is 5.43 Å². The number of hydrogen-bond acceptors (Lipinski definition) is 3. The van der Waals surface area contributed by atoms with Crippen LogP contribution in [0, 0.1) is 12.7 Å². The summed E-state index contributed by atoms with van der Waals surface area (Å²) in [6.07, 6.45) is 2.29. The molecule has 0 radical (unpaired) electrons. The van der Waals surface area contributed by atoms with Crippen LogP contribution < -0.4 is 5.43 Å². The number of nitrogens with zero attached hydrogens (tertiary/aromatic N) is 1. The highest BCUT2D eigenvalue weighted by atomic mass is 19.1. The maximum Gasteiger partial charge on any atom is 0.341 e. The number of carbonyl (C=O) groups is 1. The van der Waals surface area contributed by atoms with E-state index in [0.717, 1.165) is 18.0 Å². The van der Waals surface area contributed by atoms with Crippen molar-refractivity contribution in [3.05, 3.63) is 63.3 Å². The molecule has 0 atom stereocenters. The SMILES string of the molecule is Cc1cc(Cn2cc(O)c(=O)c(C(=O)O)c2)ccc1F. The van der Waals surface area contributed by atoms with Crippen LogP contribution >= 0.6 is 0 Å². The maximum absolute atomic E-state index is 13.2. The number of halogens is 1. The maximum atomic E-state index is 13.2. The van der Waals surface area contributed by atoms with Crippen LogP contribution in [0.5, 0.6) is 5.75 Å². The van der Waals surface area contributed by atoms with Crippen molar-refractivity contribution in [1.82, 2.24) is 4.57 Å². The Morgan fingerprint density at radius 2 is 2.05 bits per heavy atom. The molecule has 20 heavy (non-hydrogen) atoms.